The number of ether oxygens (including phenoxy) is 1. The highest BCUT2D eigenvalue weighted by Gasteiger charge is 2.36. The maximum atomic E-state index is 13.0. The zero-order valence-electron chi connectivity index (χ0n) is 14.0. The van der Waals surface area contributed by atoms with Crippen LogP contribution in [-0.2, 0) is 0 Å². The van der Waals surface area contributed by atoms with E-state index in [9.17, 15) is 4.79 Å². The molecule has 25 heavy (non-hydrogen) atoms. The van der Waals surface area contributed by atoms with Crippen LogP contribution in [0.1, 0.15) is 23.7 Å². The van der Waals surface area contributed by atoms with Crippen molar-refractivity contribution in [2.24, 2.45) is 11.1 Å². The minimum absolute atomic E-state index is 0.0395. The molecule has 2 aromatic carbocycles. The molecule has 0 spiro atoms. The molecule has 4 nitrogen and oxygen atoms in total. The second-order valence-corrected chi connectivity index (χ2v) is 7.56. The van der Waals surface area contributed by atoms with Gasteiger partial charge in [-0.3, -0.25) is 4.79 Å². The number of amides is 1. The first-order valence-electron chi connectivity index (χ1n) is 8.12. The second-order valence-electron chi connectivity index (χ2n) is 6.69. The minimum atomic E-state index is -0.100. The normalized spacial score (nSPS) is 19.9. The topological polar surface area (TPSA) is 55.6 Å². The summed E-state index contributed by atoms with van der Waals surface area (Å²) in [6, 6.07) is 12.1. The molecule has 0 radical (unpaired) electrons. The van der Waals surface area contributed by atoms with Crippen molar-refractivity contribution in [3.05, 3.63) is 58.1 Å². The lowest BCUT2D eigenvalue weighted by molar-refractivity contribution is 0.0774. The lowest BCUT2D eigenvalue weighted by atomic mass is 9.90. The largest absolute Gasteiger partial charge is 0.456 e. The number of rotatable bonds is 4. The third-order valence-electron chi connectivity index (χ3n) is 4.53. The molecule has 3 rings (SSSR count). The molecule has 1 fully saturated rings. The number of carbonyl (C=O) groups excluding carboxylic acids is 1. The quantitative estimate of drug-likeness (QED) is 0.845. The van der Waals surface area contributed by atoms with Gasteiger partial charge in [0.05, 0.1) is 5.56 Å². The molecule has 2 aromatic rings. The molecule has 6 heteroatoms. The summed E-state index contributed by atoms with van der Waals surface area (Å²) in [7, 11) is 0. The summed E-state index contributed by atoms with van der Waals surface area (Å²) < 4.78 is 5.89. The third kappa shape index (κ3) is 4.09. The SMILES string of the molecule is CC1(CN)CCN(C(=O)c2cc(Cl)ccc2Oc2cccc(Cl)c2)C1. The number of hydrogen-bond donors (Lipinski definition) is 1. The van der Waals surface area contributed by atoms with Gasteiger partial charge in [0.2, 0.25) is 0 Å². The maximum Gasteiger partial charge on any atom is 0.257 e. The Bertz CT molecular complexity index is 797. The monoisotopic (exact) mass is 378 g/mol. The summed E-state index contributed by atoms with van der Waals surface area (Å²) in [6.45, 7) is 3.96. The zero-order valence-corrected chi connectivity index (χ0v) is 15.5. The Balaban J connectivity index is 1.88. The van der Waals surface area contributed by atoms with E-state index in [1.54, 1.807) is 42.5 Å². The van der Waals surface area contributed by atoms with Crippen molar-refractivity contribution in [2.75, 3.05) is 19.6 Å². The first-order chi connectivity index (χ1) is 11.9. The van der Waals surface area contributed by atoms with Crippen LogP contribution in [0.5, 0.6) is 11.5 Å². The predicted octanol–water partition coefficient (Wildman–Crippen LogP) is 4.60. The van der Waals surface area contributed by atoms with Crippen LogP contribution < -0.4 is 10.5 Å². The van der Waals surface area contributed by atoms with Crippen LogP contribution in [0.25, 0.3) is 0 Å². The molecule has 0 aliphatic carbocycles. The predicted molar refractivity (Wildman–Crippen MR) is 101 cm³/mol. The molecular weight excluding hydrogens is 359 g/mol. The van der Waals surface area contributed by atoms with Gasteiger partial charge in [-0.25, -0.2) is 0 Å². The summed E-state index contributed by atoms with van der Waals surface area (Å²) in [5.74, 6) is 0.923. The molecule has 1 atom stereocenters. The molecule has 2 N–H and O–H groups in total. The summed E-state index contributed by atoms with van der Waals surface area (Å²) in [5, 5.41) is 1.06. The van der Waals surface area contributed by atoms with Crippen LogP contribution in [0.4, 0.5) is 0 Å². The van der Waals surface area contributed by atoms with E-state index in [1.807, 2.05) is 4.90 Å². The van der Waals surface area contributed by atoms with Gasteiger partial charge in [0.1, 0.15) is 11.5 Å². The highest BCUT2D eigenvalue weighted by atomic mass is 35.5. The van der Waals surface area contributed by atoms with Gasteiger partial charge in [0.15, 0.2) is 0 Å². The van der Waals surface area contributed by atoms with E-state index < -0.39 is 0 Å². The van der Waals surface area contributed by atoms with Gasteiger partial charge >= 0.3 is 0 Å². The Morgan fingerprint density at radius 1 is 1.24 bits per heavy atom. The second kappa shape index (κ2) is 7.24. The Morgan fingerprint density at radius 2 is 2.00 bits per heavy atom. The van der Waals surface area contributed by atoms with E-state index in [2.05, 4.69) is 6.92 Å². The molecule has 1 aliphatic rings. The number of nitrogens with two attached hydrogens (primary N) is 1. The van der Waals surface area contributed by atoms with E-state index in [4.69, 9.17) is 33.7 Å². The average molecular weight is 379 g/mol. The van der Waals surface area contributed by atoms with Gasteiger partial charge in [-0.05, 0) is 54.8 Å². The molecular formula is C19H20Cl2N2O2. The highest BCUT2D eigenvalue weighted by molar-refractivity contribution is 6.31. The van der Waals surface area contributed by atoms with Crippen LogP contribution in [0.3, 0.4) is 0 Å². The van der Waals surface area contributed by atoms with Gasteiger partial charge in [0.25, 0.3) is 5.91 Å². The summed E-state index contributed by atoms with van der Waals surface area (Å²) >= 11 is 12.1. The van der Waals surface area contributed by atoms with Crippen LogP contribution in [0, 0.1) is 5.41 Å². The van der Waals surface area contributed by atoms with Gasteiger partial charge in [-0.1, -0.05) is 36.2 Å². The Morgan fingerprint density at radius 3 is 2.68 bits per heavy atom. The fourth-order valence-electron chi connectivity index (χ4n) is 2.95. The van der Waals surface area contributed by atoms with E-state index in [1.165, 1.54) is 0 Å². The Labute approximate surface area is 157 Å². The van der Waals surface area contributed by atoms with E-state index in [0.29, 0.717) is 46.7 Å². The lowest BCUT2D eigenvalue weighted by Crippen LogP contribution is -2.34. The van der Waals surface area contributed by atoms with Gasteiger partial charge in [0, 0.05) is 23.1 Å². The summed E-state index contributed by atoms with van der Waals surface area (Å²) in [6.07, 6.45) is 0.889. The number of halogens is 2. The lowest BCUT2D eigenvalue weighted by Gasteiger charge is -2.23. The third-order valence-corrected chi connectivity index (χ3v) is 5.00. The van der Waals surface area contributed by atoms with Crippen molar-refractivity contribution in [1.82, 2.24) is 4.90 Å². The first-order valence-corrected chi connectivity index (χ1v) is 8.88. The molecule has 0 saturated carbocycles. The van der Waals surface area contributed by atoms with Crippen molar-refractivity contribution >= 4 is 29.1 Å². The average Bonchev–Trinajstić information content (AvgIpc) is 2.99. The van der Waals surface area contributed by atoms with Gasteiger partial charge < -0.3 is 15.4 Å². The molecule has 0 bridgehead atoms. The molecule has 1 saturated heterocycles. The van der Waals surface area contributed by atoms with Crippen molar-refractivity contribution in [3.8, 4) is 11.5 Å². The van der Waals surface area contributed by atoms with Crippen molar-refractivity contribution in [3.63, 3.8) is 0 Å². The minimum Gasteiger partial charge on any atom is -0.456 e. The van der Waals surface area contributed by atoms with E-state index in [0.717, 1.165) is 6.42 Å². The van der Waals surface area contributed by atoms with Crippen molar-refractivity contribution in [2.45, 2.75) is 13.3 Å². The van der Waals surface area contributed by atoms with E-state index >= 15 is 0 Å². The van der Waals surface area contributed by atoms with E-state index in [-0.39, 0.29) is 11.3 Å². The number of benzene rings is 2. The van der Waals surface area contributed by atoms with Crippen molar-refractivity contribution < 1.29 is 9.53 Å². The number of hydrogen-bond acceptors (Lipinski definition) is 3. The van der Waals surface area contributed by atoms with Gasteiger partial charge in [-0.2, -0.15) is 0 Å². The van der Waals surface area contributed by atoms with Crippen LogP contribution >= 0.6 is 23.2 Å². The maximum absolute atomic E-state index is 13.0. The standard InChI is InChI=1S/C19H20Cl2N2O2/c1-19(11-22)7-8-23(12-19)18(24)16-10-14(21)5-6-17(16)25-15-4-2-3-13(20)9-15/h2-6,9-10H,7-8,11-12,22H2,1H3. The summed E-state index contributed by atoms with van der Waals surface area (Å²) in [5.41, 5.74) is 6.24. The Kier molecular flexibility index (Phi) is 5.23. The number of carbonyl (C=O) groups is 1. The fraction of sp³-hybridized carbons (Fsp3) is 0.316. The molecule has 132 valence electrons. The smallest absolute Gasteiger partial charge is 0.257 e. The molecule has 1 heterocycles. The summed E-state index contributed by atoms with van der Waals surface area (Å²) in [4.78, 5) is 14.8. The van der Waals surface area contributed by atoms with Gasteiger partial charge in [-0.15, -0.1) is 0 Å². The van der Waals surface area contributed by atoms with Crippen molar-refractivity contribution in [1.29, 1.82) is 0 Å². The highest BCUT2D eigenvalue weighted by Crippen LogP contribution is 2.34. The fourth-order valence-corrected chi connectivity index (χ4v) is 3.30. The number of likely N-dealkylation sites (tertiary alicyclic amines) is 1. The zero-order chi connectivity index (χ0) is 18.0. The molecule has 1 aliphatic heterocycles. The van der Waals surface area contributed by atoms with Crippen LogP contribution in [0.2, 0.25) is 10.0 Å². The molecule has 1 amide bonds. The number of nitrogens with zero attached hydrogens (tertiary/aromatic N) is 1. The molecule has 1 unspecified atom stereocenters. The molecule has 0 aromatic heterocycles. The Hall–Kier alpha value is -1.75. The first kappa shape index (κ1) is 18.1. The van der Waals surface area contributed by atoms with Crippen LogP contribution in [0.15, 0.2) is 42.5 Å². The van der Waals surface area contributed by atoms with Crippen LogP contribution in [-0.4, -0.2) is 30.4 Å².